The van der Waals surface area contributed by atoms with Crippen LogP contribution >= 0.6 is 0 Å². The van der Waals surface area contributed by atoms with Crippen molar-refractivity contribution in [2.75, 3.05) is 20.8 Å². The lowest BCUT2D eigenvalue weighted by atomic mass is 10.1. The summed E-state index contributed by atoms with van der Waals surface area (Å²) in [5.74, 6) is -2.04. The van der Waals surface area contributed by atoms with Crippen LogP contribution in [0.4, 0.5) is 0 Å². The largest absolute Gasteiger partial charge is 0.467 e. The highest BCUT2D eigenvalue weighted by atomic mass is 16.7. The van der Waals surface area contributed by atoms with Crippen molar-refractivity contribution in [3.63, 3.8) is 0 Å². The molecule has 0 heterocycles. The summed E-state index contributed by atoms with van der Waals surface area (Å²) in [4.78, 5) is 23.1. The molecular formula is C16H19NO8. The number of esters is 2. The molecule has 1 aromatic carbocycles. The van der Waals surface area contributed by atoms with Gasteiger partial charge in [-0.2, -0.15) is 5.26 Å². The number of hydrogen-bond donors (Lipinski definition) is 2. The van der Waals surface area contributed by atoms with Crippen LogP contribution in [0.3, 0.4) is 0 Å². The smallest absolute Gasteiger partial charge is 0.340 e. The number of nitriles is 1. The van der Waals surface area contributed by atoms with E-state index in [-0.39, 0.29) is 0 Å². The third-order valence-electron chi connectivity index (χ3n) is 3.12. The summed E-state index contributed by atoms with van der Waals surface area (Å²) >= 11 is 0. The van der Waals surface area contributed by atoms with E-state index in [1.54, 1.807) is 30.3 Å². The predicted octanol–water partition coefficient (Wildman–Crippen LogP) is -0.322. The Hall–Kier alpha value is -2.51. The highest BCUT2D eigenvalue weighted by Gasteiger charge is 2.36. The Bertz CT molecular complexity index is 600. The lowest BCUT2D eigenvalue weighted by molar-refractivity contribution is -0.240. The minimum Gasteiger partial charge on any atom is -0.467 e. The van der Waals surface area contributed by atoms with Crippen molar-refractivity contribution in [2.24, 2.45) is 0 Å². The molecule has 0 radical (unpaired) electrons. The Kier molecular flexibility index (Phi) is 8.52. The second-order valence-corrected chi connectivity index (χ2v) is 4.72. The number of benzene rings is 1. The van der Waals surface area contributed by atoms with Crippen LogP contribution in [0.1, 0.15) is 11.7 Å². The SMILES string of the molecule is COC(=O)C(CO)OC(O[C@@H](C#N)c1ccccc1)C(O)C(=O)OC. The second kappa shape index (κ2) is 10.4. The van der Waals surface area contributed by atoms with Crippen molar-refractivity contribution in [1.82, 2.24) is 0 Å². The molecule has 1 aromatic rings. The van der Waals surface area contributed by atoms with Gasteiger partial charge in [-0.3, -0.25) is 0 Å². The zero-order valence-electron chi connectivity index (χ0n) is 13.7. The molecule has 4 atom stereocenters. The lowest BCUT2D eigenvalue weighted by Gasteiger charge is -2.27. The molecule has 0 aliphatic rings. The minimum absolute atomic E-state index is 0.439. The van der Waals surface area contributed by atoms with Crippen molar-refractivity contribution < 1.29 is 38.7 Å². The summed E-state index contributed by atoms with van der Waals surface area (Å²) in [7, 11) is 2.11. The Morgan fingerprint density at radius 2 is 1.72 bits per heavy atom. The van der Waals surface area contributed by atoms with Crippen molar-refractivity contribution in [1.29, 1.82) is 5.26 Å². The Balaban J connectivity index is 3.03. The van der Waals surface area contributed by atoms with Gasteiger partial charge in [-0.05, 0) is 5.56 Å². The molecule has 0 bridgehead atoms. The zero-order chi connectivity index (χ0) is 18.8. The number of carbonyl (C=O) groups is 2. The first-order valence-corrected chi connectivity index (χ1v) is 7.18. The van der Waals surface area contributed by atoms with Crippen LogP contribution in [0.5, 0.6) is 0 Å². The maximum atomic E-state index is 11.6. The summed E-state index contributed by atoms with van der Waals surface area (Å²) in [6.07, 6.45) is -6.44. The van der Waals surface area contributed by atoms with Gasteiger partial charge in [0.2, 0.25) is 6.10 Å². The summed E-state index contributed by atoms with van der Waals surface area (Å²) in [6.45, 7) is -0.789. The topological polar surface area (TPSA) is 135 Å². The molecule has 0 saturated heterocycles. The zero-order valence-corrected chi connectivity index (χ0v) is 13.7. The molecule has 0 saturated carbocycles. The highest BCUT2D eigenvalue weighted by molar-refractivity contribution is 5.76. The third-order valence-corrected chi connectivity index (χ3v) is 3.12. The van der Waals surface area contributed by atoms with Gasteiger partial charge in [-0.1, -0.05) is 30.3 Å². The molecule has 0 fully saturated rings. The number of rotatable bonds is 9. The van der Waals surface area contributed by atoms with E-state index < -0.39 is 43.1 Å². The Labute approximate surface area is 144 Å². The Morgan fingerprint density at radius 1 is 1.12 bits per heavy atom. The van der Waals surface area contributed by atoms with Crippen LogP contribution < -0.4 is 0 Å². The predicted molar refractivity (Wildman–Crippen MR) is 81.7 cm³/mol. The first kappa shape index (κ1) is 20.5. The van der Waals surface area contributed by atoms with E-state index in [2.05, 4.69) is 9.47 Å². The van der Waals surface area contributed by atoms with E-state index in [0.29, 0.717) is 5.56 Å². The highest BCUT2D eigenvalue weighted by Crippen LogP contribution is 2.21. The van der Waals surface area contributed by atoms with Gasteiger partial charge in [0, 0.05) is 0 Å². The lowest BCUT2D eigenvalue weighted by Crippen LogP contribution is -2.44. The van der Waals surface area contributed by atoms with E-state index >= 15 is 0 Å². The third kappa shape index (κ3) is 5.81. The number of nitrogens with zero attached hydrogens (tertiary/aromatic N) is 1. The average Bonchev–Trinajstić information content (AvgIpc) is 2.67. The first-order chi connectivity index (χ1) is 12.0. The van der Waals surface area contributed by atoms with Gasteiger partial charge in [0.15, 0.2) is 18.5 Å². The summed E-state index contributed by atoms with van der Waals surface area (Å²) in [5.41, 5.74) is 0.439. The van der Waals surface area contributed by atoms with Crippen molar-refractivity contribution >= 4 is 11.9 Å². The minimum atomic E-state index is -1.96. The second-order valence-electron chi connectivity index (χ2n) is 4.72. The maximum absolute atomic E-state index is 11.6. The molecule has 0 aromatic heterocycles. The molecule has 136 valence electrons. The molecule has 0 aliphatic heterocycles. The molecule has 0 amide bonds. The molecule has 2 N–H and O–H groups in total. The number of carbonyl (C=O) groups excluding carboxylic acids is 2. The summed E-state index contributed by atoms with van der Waals surface area (Å²) in [6, 6.07) is 10.1. The Morgan fingerprint density at radius 3 is 2.20 bits per heavy atom. The summed E-state index contributed by atoms with van der Waals surface area (Å²) in [5, 5.41) is 28.5. The van der Waals surface area contributed by atoms with Gasteiger partial charge in [0.1, 0.15) is 0 Å². The summed E-state index contributed by atoms with van der Waals surface area (Å²) < 4.78 is 19.3. The molecule has 0 spiro atoms. The molecule has 9 heteroatoms. The molecule has 25 heavy (non-hydrogen) atoms. The number of hydrogen-bond acceptors (Lipinski definition) is 9. The van der Waals surface area contributed by atoms with Crippen LogP contribution in [-0.4, -0.2) is 61.5 Å². The van der Waals surface area contributed by atoms with E-state index in [9.17, 15) is 25.1 Å². The van der Waals surface area contributed by atoms with Crippen molar-refractivity contribution in [3.05, 3.63) is 35.9 Å². The van der Waals surface area contributed by atoms with E-state index in [1.807, 2.05) is 6.07 Å². The van der Waals surface area contributed by atoms with E-state index in [4.69, 9.17) is 9.47 Å². The van der Waals surface area contributed by atoms with Gasteiger partial charge < -0.3 is 29.2 Å². The van der Waals surface area contributed by atoms with Crippen LogP contribution in [0.15, 0.2) is 30.3 Å². The standard InChI is InChI=1S/C16H19NO8/c1-22-14(20)12(9-18)25-16(13(19)15(21)23-2)24-11(8-17)10-6-4-3-5-7-10/h3-7,11-13,16,18-19H,9H2,1-2H3/t11-,12?,13?,16?/m0/s1. The molecule has 9 nitrogen and oxygen atoms in total. The maximum Gasteiger partial charge on any atom is 0.340 e. The van der Waals surface area contributed by atoms with Crippen molar-refractivity contribution in [3.8, 4) is 6.07 Å². The number of aliphatic hydroxyl groups is 2. The number of methoxy groups -OCH3 is 2. The van der Waals surface area contributed by atoms with Crippen LogP contribution in [-0.2, 0) is 28.5 Å². The van der Waals surface area contributed by atoms with Gasteiger partial charge in [-0.25, -0.2) is 9.59 Å². The van der Waals surface area contributed by atoms with Gasteiger partial charge >= 0.3 is 11.9 Å². The molecule has 1 rings (SSSR count). The van der Waals surface area contributed by atoms with E-state index in [0.717, 1.165) is 14.2 Å². The van der Waals surface area contributed by atoms with Crippen LogP contribution in [0.2, 0.25) is 0 Å². The fourth-order valence-electron chi connectivity index (χ4n) is 1.82. The van der Waals surface area contributed by atoms with E-state index in [1.165, 1.54) is 0 Å². The molecule has 3 unspecified atom stereocenters. The molecular weight excluding hydrogens is 334 g/mol. The fraction of sp³-hybridized carbons (Fsp3) is 0.438. The van der Waals surface area contributed by atoms with Crippen LogP contribution in [0.25, 0.3) is 0 Å². The quantitative estimate of drug-likeness (QED) is 0.452. The monoisotopic (exact) mass is 353 g/mol. The number of aliphatic hydroxyl groups excluding tert-OH is 2. The fourth-order valence-corrected chi connectivity index (χ4v) is 1.82. The average molecular weight is 353 g/mol. The first-order valence-electron chi connectivity index (χ1n) is 7.18. The normalized spacial score (nSPS) is 15.3. The van der Waals surface area contributed by atoms with Crippen LogP contribution in [0, 0.1) is 11.3 Å². The molecule has 0 aliphatic carbocycles. The van der Waals surface area contributed by atoms with Gasteiger partial charge in [0.05, 0.1) is 26.9 Å². The van der Waals surface area contributed by atoms with Gasteiger partial charge in [-0.15, -0.1) is 0 Å². The van der Waals surface area contributed by atoms with Gasteiger partial charge in [0.25, 0.3) is 0 Å². The van der Waals surface area contributed by atoms with Crippen molar-refractivity contribution in [2.45, 2.75) is 24.6 Å². The number of ether oxygens (including phenoxy) is 4.